The molecule has 0 saturated carbocycles. The van der Waals surface area contributed by atoms with Gasteiger partial charge in [-0.15, -0.1) is 0 Å². The van der Waals surface area contributed by atoms with Gasteiger partial charge < -0.3 is 13.4 Å². The highest BCUT2D eigenvalue weighted by Gasteiger charge is 2.23. The van der Waals surface area contributed by atoms with Gasteiger partial charge in [0, 0.05) is 43.6 Å². The van der Waals surface area contributed by atoms with E-state index in [0.717, 1.165) is 88.1 Å². The van der Waals surface area contributed by atoms with E-state index in [-0.39, 0.29) is 0 Å². The summed E-state index contributed by atoms with van der Waals surface area (Å²) < 4.78 is 15.3. The summed E-state index contributed by atoms with van der Waals surface area (Å²) in [6.45, 7) is 0. The van der Waals surface area contributed by atoms with E-state index in [1.807, 2.05) is 84.9 Å². The second-order valence-corrected chi connectivity index (χ2v) is 12.8. The van der Waals surface area contributed by atoms with Crippen LogP contribution in [0.4, 0.5) is 0 Å². The molecule has 0 atom stereocenters. The average molecular weight is 655 g/mol. The molecular weight excluding hydrogens is 629 g/mol. The van der Waals surface area contributed by atoms with Gasteiger partial charge in [0.15, 0.2) is 17.5 Å². The Hall–Kier alpha value is -7.05. The molecule has 6 heteroatoms. The quantitative estimate of drug-likeness (QED) is 0.189. The summed E-state index contributed by atoms with van der Waals surface area (Å²) in [4.78, 5) is 15.1. The van der Waals surface area contributed by atoms with Crippen LogP contribution in [0.3, 0.4) is 0 Å². The van der Waals surface area contributed by atoms with Crippen LogP contribution in [0.25, 0.3) is 106 Å². The number of rotatable bonds is 4. The zero-order valence-corrected chi connectivity index (χ0v) is 27.1. The zero-order chi connectivity index (χ0) is 33.5. The van der Waals surface area contributed by atoms with Crippen LogP contribution in [0.1, 0.15) is 0 Å². The van der Waals surface area contributed by atoms with Crippen molar-refractivity contribution in [1.82, 2.24) is 19.5 Å². The molecule has 0 aliphatic carbocycles. The van der Waals surface area contributed by atoms with Gasteiger partial charge in [0.05, 0.1) is 22.1 Å². The van der Waals surface area contributed by atoms with E-state index >= 15 is 0 Å². The first kappa shape index (κ1) is 27.9. The maximum Gasteiger partial charge on any atom is 0.164 e. The Balaban J connectivity index is 1.26. The molecule has 0 fully saturated rings. The summed E-state index contributed by atoms with van der Waals surface area (Å²) in [5, 5.41) is 6.57. The second-order valence-electron chi connectivity index (χ2n) is 12.8. The van der Waals surface area contributed by atoms with Crippen LogP contribution in [0.5, 0.6) is 0 Å². The number of furan rings is 2. The predicted octanol–water partition coefficient (Wildman–Crippen LogP) is 11.8. The van der Waals surface area contributed by atoms with Crippen molar-refractivity contribution in [1.29, 1.82) is 0 Å². The van der Waals surface area contributed by atoms with Crippen molar-refractivity contribution in [3.05, 3.63) is 158 Å². The van der Waals surface area contributed by atoms with E-state index in [9.17, 15) is 0 Å². The minimum atomic E-state index is 0.565. The molecule has 6 nitrogen and oxygen atoms in total. The topological polar surface area (TPSA) is 69.9 Å². The van der Waals surface area contributed by atoms with Gasteiger partial charge in [0.1, 0.15) is 22.3 Å². The maximum atomic E-state index is 6.62. The Kier molecular flexibility index (Phi) is 5.86. The number of hydrogen-bond donors (Lipinski definition) is 0. The molecule has 4 aromatic heterocycles. The smallest absolute Gasteiger partial charge is 0.164 e. The van der Waals surface area contributed by atoms with Crippen LogP contribution in [-0.4, -0.2) is 19.5 Å². The molecule has 4 heterocycles. The molecule has 0 saturated heterocycles. The fourth-order valence-electron chi connectivity index (χ4n) is 7.61. The third-order valence-electron chi connectivity index (χ3n) is 9.83. The van der Waals surface area contributed by atoms with Crippen LogP contribution in [-0.2, 0) is 0 Å². The molecule has 7 aromatic carbocycles. The summed E-state index contributed by atoms with van der Waals surface area (Å²) in [6, 6.07) is 53.7. The van der Waals surface area contributed by atoms with Crippen LogP contribution in [0.2, 0.25) is 0 Å². The monoisotopic (exact) mass is 654 g/mol. The third kappa shape index (κ3) is 4.20. The van der Waals surface area contributed by atoms with E-state index < -0.39 is 0 Å². The molecule has 0 aliphatic rings. The van der Waals surface area contributed by atoms with Gasteiger partial charge in [0.25, 0.3) is 0 Å². The molecule has 0 aliphatic heterocycles. The van der Waals surface area contributed by atoms with Gasteiger partial charge in [-0.25, -0.2) is 15.0 Å². The van der Waals surface area contributed by atoms with E-state index in [0.29, 0.717) is 17.5 Å². The molecule has 0 unspecified atom stereocenters. The summed E-state index contributed by atoms with van der Waals surface area (Å²) in [6.07, 6.45) is 0. The minimum absolute atomic E-state index is 0.565. The molecule has 238 valence electrons. The van der Waals surface area contributed by atoms with E-state index in [2.05, 4.69) is 77.4 Å². The molecule has 0 amide bonds. The van der Waals surface area contributed by atoms with Crippen molar-refractivity contribution < 1.29 is 8.83 Å². The minimum Gasteiger partial charge on any atom is -0.456 e. The van der Waals surface area contributed by atoms with Crippen molar-refractivity contribution in [2.75, 3.05) is 0 Å². The summed E-state index contributed by atoms with van der Waals surface area (Å²) in [5.74, 6) is 1.78. The number of aromatic nitrogens is 4. The first-order valence-corrected chi connectivity index (χ1v) is 16.9. The highest BCUT2D eigenvalue weighted by Crippen LogP contribution is 2.44. The van der Waals surface area contributed by atoms with E-state index in [4.69, 9.17) is 23.8 Å². The van der Waals surface area contributed by atoms with Crippen molar-refractivity contribution in [3.63, 3.8) is 0 Å². The Morgan fingerprint density at radius 1 is 0.353 bits per heavy atom. The van der Waals surface area contributed by atoms with Crippen LogP contribution >= 0.6 is 0 Å². The lowest BCUT2D eigenvalue weighted by molar-refractivity contribution is 0.668. The van der Waals surface area contributed by atoms with Gasteiger partial charge in [-0.05, 0) is 42.5 Å². The highest BCUT2D eigenvalue weighted by molar-refractivity contribution is 6.28. The van der Waals surface area contributed by atoms with Gasteiger partial charge >= 0.3 is 0 Å². The molecule has 11 aromatic rings. The summed E-state index contributed by atoms with van der Waals surface area (Å²) in [7, 11) is 0. The number of para-hydroxylation sites is 3. The van der Waals surface area contributed by atoms with Crippen LogP contribution in [0.15, 0.2) is 167 Å². The number of hydrogen-bond acceptors (Lipinski definition) is 5. The SMILES string of the molecule is c1ccc(-c2nc(-c3ccccc3)nc(-c3cc(-n4c5ccccc5c5c6c(ccc54)oc4ccccc46)c4c(c3)oc3ccccc34)n2)cc1. The standard InChI is InChI=1S/C45H26N4O2/c1-3-13-27(14-4-1)43-46-44(28-15-5-2-6-16-28)48-45(47-43)29-25-35(40-31-18-8-11-21-36(31)51-39(40)26-29)49-33-20-10-7-17-30(33)41-34(49)23-24-38-42(41)32-19-9-12-22-37(32)50-38/h1-26H. The Bertz CT molecular complexity index is 3080. The fourth-order valence-corrected chi connectivity index (χ4v) is 7.61. The normalized spacial score (nSPS) is 11.9. The van der Waals surface area contributed by atoms with Crippen molar-refractivity contribution in [2.24, 2.45) is 0 Å². The van der Waals surface area contributed by atoms with Crippen molar-refractivity contribution in [3.8, 4) is 39.9 Å². The lowest BCUT2D eigenvalue weighted by atomic mass is 10.1. The Morgan fingerprint density at radius 3 is 1.55 bits per heavy atom. The van der Waals surface area contributed by atoms with Crippen molar-refractivity contribution >= 4 is 65.7 Å². The second kappa shape index (κ2) is 10.7. The lowest BCUT2D eigenvalue weighted by Crippen LogP contribution is -2.01. The zero-order valence-electron chi connectivity index (χ0n) is 27.1. The molecule has 0 radical (unpaired) electrons. The van der Waals surface area contributed by atoms with Crippen molar-refractivity contribution in [2.45, 2.75) is 0 Å². The van der Waals surface area contributed by atoms with Gasteiger partial charge in [-0.2, -0.15) is 0 Å². The van der Waals surface area contributed by atoms with Crippen LogP contribution in [0, 0.1) is 0 Å². The van der Waals surface area contributed by atoms with E-state index in [1.165, 1.54) is 0 Å². The highest BCUT2D eigenvalue weighted by atomic mass is 16.3. The lowest BCUT2D eigenvalue weighted by Gasteiger charge is -2.13. The first-order valence-electron chi connectivity index (χ1n) is 16.9. The van der Waals surface area contributed by atoms with Gasteiger partial charge in [-0.1, -0.05) is 115 Å². The number of benzene rings is 7. The van der Waals surface area contributed by atoms with Crippen LogP contribution < -0.4 is 0 Å². The Morgan fingerprint density at radius 2 is 0.882 bits per heavy atom. The number of nitrogens with zero attached hydrogens (tertiary/aromatic N) is 4. The number of fused-ring (bicyclic) bond motifs is 10. The summed E-state index contributed by atoms with van der Waals surface area (Å²) >= 11 is 0. The average Bonchev–Trinajstić information content (AvgIpc) is 3.87. The largest absolute Gasteiger partial charge is 0.456 e. The fraction of sp³-hybridized carbons (Fsp3) is 0. The first-order chi connectivity index (χ1) is 25.3. The third-order valence-corrected chi connectivity index (χ3v) is 9.83. The molecule has 0 bridgehead atoms. The molecular formula is C45H26N4O2. The molecule has 0 N–H and O–H groups in total. The summed E-state index contributed by atoms with van der Waals surface area (Å²) in [5.41, 5.74) is 9.12. The van der Waals surface area contributed by atoms with Gasteiger partial charge in [-0.3, -0.25) is 0 Å². The van der Waals surface area contributed by atoms with Gasteiger partial charge in [0.2, 0.25) is 0 Å². The predicted molar refractivity (Wildman–Crippen MR) is 205 cm³/mol. The maximum absolute atomic E-state index is 6.62. The molecule has 0 spiro atoms. The molecule has 51 heavy (non-hydrogen) atoms. The van der Waals surface area contributed by atoms with E-state index in [1.54, 1.807) is 0 Å². The Labute approximate surface area is 290 Å². The molecule has 11 rings (SSSR count).